The maximum Gasteiger partial charge on any atom is 0.207 e. The summed E-state index contributed by atoms with van der Waals surface area (Å²) in [4.78, 5) is 8.62. The first-order valence-electron chi connectivity index (χ1n) is 5.43. The van der Waals surface area contributed by atoms with E-state index < -0.39 is 0 Å². The summed E-state index contributed by atoms with van der Waals surface area (Å²) in [5.41, 5.74) is 0.912. The van der Waals surface area contributed by atoms with Gasteiger partial charge in [-0.15, -0.1) is 0 Å². The van der Waals surface area contributed by atoms with E-state index in [0.29, 0.717) is 5.92 Å². The molecule has 6 heteroatoms. The first-order chi connectivity index (χ1) is 8.19. The summed E-state index contributed by atoms with van der Waals surface area (Å²) in [5, 5.41) is 6.96. The lowest BCUT2D eigenvalue weighted by molar-refractivity contribution is 0.800. The molecule has 0 aliphatic heterocycles. The monoisotopic (exact) mass is 249 g/mol. The minimum atomic E-state index is 0.353. The molecule has 0 saturated heterocycles. The van der Waals surface area contributed by atoms with Crippen molar-refractivity contribution in [2.45, 2.75) is 19.8 Å². The normalized spacial score (nSPS) is 10.6. The van der Waals surface area contributed by atoms with Crippen LogP contribution in [-0.4, -0.2) is 21.4 Å². The highest BCUT2D eigenvalue weighted by atomic mass is 32.1. The Morgan fingerprint density at radius 1 is 1.29 bits per heavy atom. The predicted octanol–water partition coefficient (Wildman–Crippen LogP) is 2.84. The van der Waals surface area contributed by atoms with Gasteiger partial charge in [0, 0.05) is 24.5 Å². The van der Waals surface area contributed by atoms with Crippen molar-refractivity contribution in [1.29, 1.82) is 0 Å². The van der Waals surface area contributed by atoms with E-state index >= 15 is 0 Å². The molecule has 0 bridgehead atoms. The van der Waals surface area contributed by atoms with Crippen molar-refractivity contribution < 1.29 is 0 Å². The Hall–Kier alpha value is -1.69. The minimum Gasteiger partial charge on any atom is -0.373 e. The second kappa shape index (κ2) is 5.09. The van der Waals surface area contributed by atoms with Crippen LogP contribution in [0.5, 0.6) is 0 Å². The highest BCUT2D eigenvalue weighted by Crippen LogP contribution is 2.21. The van der Waals surface area contributed by atoms with E-state index in [1.165, 1.54) is 11.5 Å². The van der Waals surface area contributed by atoms with Gasteiger partial charge in [-0.3, -0.25) is 0 Å². The van der Waals surface area contributed by atoms with Gasteiger partial charge in [0.1, 0.15) is 11.6 Å². The van der Waals surface area contributed by atoms with E-state index in [4.69, 9.17) is 0 Å². The molecule has 0 amide bonds. The molecule has 0 unspecified atom stereocenters. The number of hydrogen-bond donors (Lipinski definition) is 2. The van der Waals surface area contributed by atoms with Crippen LogP contribution in [0.15, 0.2) is 18.3 Å². The van der Waals surface area contributed by atoms with Gasteiger partial charge < -0.3 is 10.6 Å². The quantitative estimate of drug-likeness (QED) is 0.872. The Bertz CT molecular complexity index is 477. The summed E-state index contributed by atoms with van der Waals surface area (Å²) in [6.45, 7) is 4.16. The molecular weight excluding hydrogens is 234 g/mol. The van der Waals surface area contributed by atoms with E-state index in [0.717, 1.165) is 22.5 Å². The van der Waals surface area contributed by atoms with Crippen LogP contribution in [0.1, 0.15) is 25.6 Å². The van der Waals surface area contributed by atoms with Crippen molar-refractivity contribution in [2.75, 3.05) is 17.7 Å². The Kier molecular flexibility index (Phi) is 3.53. The number of aromatic nitrogens is 3. The van der Waals surface area contributed by atoms with Crippen LogP contribution in [0.2, 0.25) is 0 Å². The summed E-state index contributed by atoms with van der Waals surface area (Å²) in [5.74, 6) is 2.07. The Labute approximate surface area is 104 Å². The first-order valence-corrected chi connectivity index (χ1v) is 6.21. The maximum atomic E-state index is 4.40. The number of anilines is 3. The van der Waals surface area contributed by atoms with Crippen molar-refractivity contribution in [3.8, 4) is 0 Å². The van der Waals surface area contributed by atoms with Gasteiger partial charge in [-0.1, -0.05) is 13.8 Å². The number of nitrogens with zero attached hydrogens (tertiary/aromatic N) is 3. The fourth-order valence-corrected chi connectivity index (χ4v) is 1.99. The summed E-state index contributed by atoms with van der Waals surface area (Å²) in [6, 6.07) is 3.86. The van der Waals surface area contributed by atoms with Crippen molar-refractivity contribution in [3.05, 3.63) is 24.2 Å². The van der Waals surface area contributed by atoms with Crippen molar-refractivity contribution in [3.63, 3.8) is 0 Å². The number of hydrogen-bond acceptors (Lipinski definition) is 6. The molecule has 0 aliphatic carbocycles. The third-order valence-electron chi connectivity index (χ3n) is 2.23. The SMILES string of the molecule is CNc1ccc(Nc2nc(C(C)C)ns2)cn1. The van der Waals surface area contributed by atoms with Gasteiger partial charge in [0.05, 0.1) is 11.9 Å². The molecule has 2 N–H and O–H groups in total. The van der Waals surface area contributed by atoms with Crippen LogP contribution in [0.25, 0.3) is 0 Å². The van der Waals surface area contributed by atoms with Gasteiger partial charge in [0.2, 0.25) is 5.13 Å². The number of rotatable bonds is 4. The molecule has 0 fully saturated rings. The Morgan fingerprint density at radius 2 is 2.12 bits per heavy atom. The molecule has 2 aromatic heterocycles. The zero-order valence-corrected chi connectivity index (χ0v) is 10.9. The largest absolute Gasteiger partial charge is 0.373 e. The van der Waals surface area contributed by atoms with Crippen LogP contribution in [0.3, 0.4) is 0 Å². The van der Waals surface area contributed by atoms with E-state index in [1.807, 2.05) is 19.2 Å². The maximum absolute atomic E-state index is 4.40. The zero-order chi connectivity index (χ0) is 12.3. The molecule has 0 radical (unpaired) electrons. The highest BCUT2D eigenvalue weighted by Gasteiger charge is 2.07. The first kappa shape index (κ1) is 11.8. The van der Waals surface area contributed by atoms with Crippen LogP contribution in [-0.2, 0) is 0 Å². The molecule has 2 heterocycles. The van der Waals surface area contributed by atoms with Gasteiger partial charge in [0.25, 0.3) is 0 Å². The average molecular weight is 249 g/mol. The summed E-state index contributed by atoms with van der Waals surface area (Å²) >= 11 is 1.37. The van der Waals surface area contributed by atoms with Crippen LogP contribution >= 0.6 is 11.5 Å². The van der Waals surface area contributed by atoms with E-state index in [1.54, 1.807) is 6.20 Å². The predicted molar refractivity (Wildman–Crippen MR) is 71.1 cm³/mol. The molecule has 0 spiro atoms. The van der Waals surface area contributed by atoms with Gasteiger partial charge in [-0.05, 0) is 12.1 Å². The molecule has 90 valence electrons. The summed E-state index contributed by atoms with van der Waals surface area (Å²) in [7, 11) is 1.84. The topological polar surface area (TPSA) is 62.7 Å². The molecule has 2 rings (SSSR count). The minimum absolute atomic E-state index is 0.353. The summed E-state index contributed by atoms with van der Waals surface area (Å²) in [6.07, 6.45) is 1.77. The van der Waals surface area contributed by atoms with Gasteiger partial charge in [0.15, 0.2) is 0 Å². The van der Waals surface area contributed by atoms with Gasteiger partial charge >= 0.3 is 0 Å². The standard InChI is InChI=1S/C11H15N5S/c1-7(2)10-15-11(17-16-10)14-8-4-5-9(12-3)13-6-8/h4-7H,1-3H3,(H,12,13)(H,14,15,16). The molecule has 5 nitrogen and oxygen atoms in total. The van der Waals surface area contributed by atoms with Gasteiger partial charge in [-0.25, -0.2) is 9.97 Å². The number of pyridine rings is 1. The van der Waals surface area contributed by atoms with Crippen LogP contribution in [0, 0.1) is 0 Å². The van der Waals surface area contributed by atoms with E-state index in [9.17, 15) is 0 Å². The van der Waals surface area contributed by atoms with Crippen LogP contribution < -0.4 is 10.6 Å². The molecular formula is C11H15N5S. The lowest BCUT2D eigenvalue weighted by atomic mass is 10.2. The molecule has 0 aliphatic rings. The lowest BCUT2D eigenvalue weighted by Crippen LogP contribution is -1.95. The second-order valence-corrected chi connectivity index (χ2v) is 4.67. The van der Waals surface area contributed by atoms with Crippen molar-refractivity contribution in [1.82, 2.24) is 14.3 Å². The Balaban J connectivity index is 2.08. The van der Waals surface area contributed by atoms with Crippen molar-refractivity contribution in [2.24, 2.45) is 0 Å². The zero-order valence-electron chi connectivity index (χ0n) is 10.1. The van der Waals surface area contributed by atoms with Gasteiger partial charge in [-0.2, -0.15) is 4.37 Å². The molecule has 0 saturated carbocycles. The summed E-state index contributed by atoms with van der Waals surface area (Å²) < 4.78 is 4.28. The third-order valence-corrected chi connectivity index (χ3v) is 2.87. The molecule has 2 aromatic rings. The van der Waals surface area contributed by atoms with Crippen LogP contribution in [0.4, 0.5) is 16.6 Å². The van der Waals surface area contributed by atoms with E-state index in [-0.39, 0.29) is 0 Å². The fraction of sp³-hybridized carbons (Fsp3) is 0.364. The molecule has 17 heavy (non-hydrogen) atoms. The average Bonchev–Trinajstić information content (AvgIpc) is 2.79. The third kappa shape index (κ3) is 2.91. The van der Waals surface area contributed by atoms with Crippen molar-refractivity contribution >= 4 is 28.2 Å². The van der Waals surface area contributed by atoms with E-state index in [2.05, 4.69) is 38.8 Å². The molecule has 0 atom stereocenters. The Morgan fingerprint density at radius 3 is 2.65 bits per heavy atom. The molecule has 0 aromatic carbocycles. The smallest absolute Gasteiger partial charge is 0.207 e. The number of nitrogens with one attached hydrogen (secondary N) is 2. The highest BCUT2D eigenvalue weighted by molar-refractivity contribution is 7.09. The lowest BCUT2D eigenvalue weighted by Gasteiger charge is -2.03. The second-order valence-electron chi connectivity index (χ2n) is 3.92. The fourth-order valence-electron chi connectivity index (χ4n) is 1.26.